The molecule has 3 aliphatic rings. The van der Waals surface area contributed by atoms with Crippen LogP contribution in [-0.2, 0) is 4.74 Å². The summed E-state index contributed by atoms with van der Waals surface area (Å²) in [5.41, 5.74) is 0. The molecule has 0 aromatic rings. The molecule has 6 unspecified atom stereocenters. The molecule has 2 bridgehead atoms. The quantitative estimate of drug-likeness (QED) is 0.856. The Labute approximate surface area is 124 Å². The molecule has 2 saturated heterocycles. The minimum Gasteiger partial charge on any atom is -0.372 e. The van der Waals surface area contributed by atoms with Crippen molar-refractivity contribution in [2.45, 2.75) is 64.7 Å². The molecule has 3 nitrogen and oxygen atoms in total. The number of nitrogens with zero attached hydrogens (tertiary/aromatic N) is 1. The molecule has 116 valence electrons. The van der Waals surface area contributed by atoms with Crippen LogP contribution < -0.4 is 5.32 Å². The lowest BCUT2D eigenvalue weighted by atomic mass is 9.72. The van der Waals surface area contributed by atoms with Crippen LogP contribution in [-0.4, -0.2) is 49.3 Å². The maximum atomic E-state index is 5.98. The molecule has 1 saturated carbocycles. The SMILES string of the molecule is CCNC1CC(C)CC(C)C1CN1CC2CCC(C1)O2. The predicted molar refractivity (Wildman–Crippen MR) is 82.9 cm³/mol. The first-order chi connectivity index (χ1) is 9.65. The normalized spacial score (nSPS) is 45.8. The number of ether oxygens (including phenoxy) is 1. The second kappa shape index (κ2) is 6.33. The molecule has 0 amide bonds. The molecule has 2 heterocycles. The van der Waals surface area contributed by atoms with Crippen molar-refractivity contribution in [1.29, 1.82) is 0 Å². The molecule has 20 heavy (non-hydrogen) atoms. The van der Waals surface area contributed by atoms with Crippen LogP contribution >= 0.6 is 0 Å². The molecule has 0 aromatic heterocycles. The van der Waals surface area contributed by atoms with Gasteiger partial charge in [0, 0.05) is 25.7 Å². The van der Waals surface area contributed by atoms with Gasteiger partial charge >= 0.3 is 0 Å². The lowest BCUT2D eigenvalue weighted by Gasteiger charge is -2.44. The van der Waals surface area contributed by atoms with E-state index in [-0.39, 0.29) is 0 Å². The smallest absolute Gasteiger partial charge is 0.0707 e. The maximum Gasteiger partial charge on any atom is 0.0707 e. The molecule has 6 atom stereocenters. The average Bonchev–Trinajstić information content (AvgIpc) is 2.73. The summed E-state index contributed by atoms with van der Waals surface area (Å²) in [6, 6.07) is 0.722. The van der Waals surface area contributed by atoms with Crippen LogP contribution in [0.15, 0.2) is 0 Å². The molecule has 3 heteroatoms. The number of likely N-dealkylation sites (tertiary alicyclic amines) is 1. The van der Waals surface area contributed by atoms with Crippen molar-refractivity contribution < 1.29 is 4.74 Å². The Morgan fingerprint density at radius 3 is 2.45 bits per heavy atom. The molecule has 3 fully saturated rings. The summed E-state index contributed by atoms with van der Waals surface area (Å²) in [7, 11) is 0. The van der Waals surface area contributed by atoms with Crippen molar-refractivity contribution in [3.05, 3.63) is 0 Å². The molecule has 1 aliphatic carbocycles. The lowest BCUT2D eigenvalue weighted by molar-refractivity contribution is -0.0496. The van der Waals surface area contributed by atoms with Crippen LogP contribution in [0.3, 0.4) is 0 Å². The highest BCUT2D eigenvalue weighted by Crippen LogP contribution is 2.35. The standard InChI is InChI=1S/C17H32N2O/c1-4-18-17-8-12(2)7-13(3)16(17)11-19-9-14-5-6-15(10-19)20-14/h12-18H,4-11H2,1-3H3. The summed E-state index contributed by atoms with van der Waals surface area (Å²) in [5.74, 6) is 2.55. The zero-order chi connectivity index (χ0) is 14.1. The van der Waals surface area contributed by atoms with Gasteiger partial charge in [-0.05, 0) is 50.0 Å². The lowest BCUT2D eigenvalue weighted by Crippen LogP contribution is -2.52. The largest absolute Gasteiger partial charge is 0.372 e. The highest BCUT2D eigenvalue weighted by molar-refractivity contribution is 4.92. The molecule has 2 aliphatic heterocycles. The number of morpholine rings is 1. The van der Waals surface area contributed by atoms with Gasteiger partial charge in [0.15, 0.2) is 0 Å². The van der Waals surface area contributed by atoms with Gasteiger partial charge in [0.1, 0.15) is 0 Å². The number of fused-ring (bicyclic) bond motifs is 2. The van der Waals surface area contributed by atoms with E-state index in [0.717, 1.165) is 30.3 Å². The van der Waals surface area contributed by atoms with E-state index in [4.69, 9.17) is 4.74 Å². The highest BCUT2D eigenvalue weighted by atomic mass is 16.5. The highest BCUT2D eigenvalue weighted by Gasteiger charge is 2.38. The van der Waals surface area contributed by atoms with Gasteiger partial charge in [-0.15, -0.1) is 0 Å². The van der Waals surface area contributed by atoms with Gasteiger partial charge in [0.2, 0.25) is 0 Å². The van der Waals surface area contributed by atoms with Crippen LogP contribution in [0.2, 0.25) is 0 Å². The Kier molecular flexibility index (Phi) is 4.68. The third kappa shape index (κ3) is 3.20. The molecule has 0 aromatic carbocycles. The fourth-order valence-electron chi connectivity index (χ4n) is 4.86. The second-order valence-corrected chi connectivity index (χ2v) is 7.56. The third-order valence-corrected chi connectivity index (χ3v) is 5.73. The topological polar surface area (TPSA) is 24.5 Å². The Morgan fingerprint density at radius 1 is 1.10 bits per heavy atom. The van der Waals surface area contributed by atoms with Crippen LogP contribution in [0.4, 0.5) is 0 Å². The summed E-state index contributed by atoms with van der Waals surface area (Å²) in [6.07, 6.45) is 6.40. The van der Waals surface area contributed by atoms with Gasteiger partial charge in [-0.1, -0.05) is 20.8 Å². The van der Waals surface area contributed by atoms with E-state index in [0.29, 0.717) is 12.2 Å². The zero-order valence-corrected chi connectivity index (χ0v) is 13.5. The van der Waals surface area contributed by atoms with E-state index in [1.807, 2.05) is 0 Å². The van der Waals surface area contributed by atoms with E-state index in [1.54, 1.807) is 0 Å². The van der Waals surface area contributed by atoms with Crippen molar-refractivity contribution in [2.75, 3.05) is 26.2 Å². The first kappa shape index (κ1) is 14.8. The monoisotopic (exact) mass is 280 g/mol. The first-order valence-corrected chi connectivity index (χ1v) is 8.77. The summed E-state index contributed by atoms with van der Waals surface area (Å²) in [4.78, 5) is 2.70. The van der Waals surface area contributed by atoms with Crippen LogP contribution in [0.1, 0.15) is 46.5 Å². The van der Waals surface area contributed by atoms with Crippen molar-refractivity contribution in [1.82, 2.24) is 10.2 Å². The second-order valence-electron chi connectivity index (χ2n) is 7.56. The average molecular weight is 280 g/mol. The van der Waals surface area contributed by atoms with E-state index in [2.05, 4.69) is 31.0 Å². The van der Waals surface area contributed by atoms with Gasteiger partial charge in [-0.3, -0.25) is 4.90 Å². The molecule has 3 rings (SSSR count). The number of hydrogen-bond acceptors (Lipinski definition) is 3. The van der Waals surface area contributed by atoms with Crippen molar-refractivity contribution in [2.24, 2.45) is 17.8 Å². The van der Waals surface area contributed by atoms with E-state index < -0.39 is 0 Å². The Balaban J connectivity index is 1.61. The van der Waals surface area contributed by atoms with Gasteiger partial charge < -0.3 is 10.1 Å². The van der Waals surface area contributed by atoms with E-state index in [1.165, 1.54) is 45.3 Å². The van der Waals surface area contributed by atoms with E-state index >= 15 is 0 Å². The summed E-state index contributed by atoms with van der Waals surface area (Å²) >= 11 is 0. The van der Waals surface area contributed by atoms with Gasteiger partial charge in [0.25, 0.3) is 0 Å². The van der Waals surface area contributed by atoms with Crippen molar-refractivity contribution in [3.8, 4) is 0 Å². The third-order valence-electron chi connectivity index (χ3n) is 5.73. The summed E-state index contributed by atoms with van der Waals surface area (Å²) < 4.78 is 5.98. The number of nitrogens with one attached hydrogen (secondary N) is 1. The van der Waals surface area contributed by atoms with Crippen LogP contribution in [0, 0.1) is 17.8 Å². The maximum absolute atomic E-state index is 5.98. The summed E-state index contributed by atoms with van der Waals surface area (Å²) in [5, 5.41) is 3.77. The van der Waals surface area contributed by atoms with Crippen molar-refractivity contribution >= 4 is 0 Å². The van der Waals surface area contributed by atoms with Gasteiger partial charge in [-0.2, -0.15) is 0 Å². The summed E-state index contributed by atoms with van der Waals surface area (Å²) in [6.45, 7) is 11.9. The number of hydrogen-bond donors (Lipinski definition) is 1. The van der Waals surface area contributed by atoms with Gasteiger partial charge in [0.05, 0.1) is 12.2 Å². The minimum atomic E-state index is 0.532. The number of rotatable bonds is 4. The predicted octanol–water partition coefficient (Wildman–Crippen LogP) is 2.51. The zero-order valence-electron chi connectivity index (χ0n) is 13.5. The molecular weight excluding hydrogens is 248 g/mol. The van der Waals surface area contributed by atoms with E-state index in [9.17, 15) is 0 Å². The Bertz CT molecular complexity index is 310. The molecule has 1 N–H and O–H groups in total. The first-order valence-electron chi connectivity index (χ1n) is 8.77. The fraction of sp³-hybridized carbons (Fsp3) is 1.00. The van der Waals surface area contributed by atoms with Crippen LogP contribution in [0.25, 0.3) is 0 Å². The minimum absolute atomic E-state index is 0.532. The van der Waals surface area contributed by atoms with Gasteiger partial charge in [-0.25, -0.2) is 0 Å². The fourth-order valence-corrected chi connectivity index (χ4v) is 4.86. The molecular formula is C17H32N2O. The molecule has 0 radical (unpaired) electrons. The Hall–Kier alpha value is -0.120. The Morgan fingerprint density at radius 2 is 1.80 bits per heavy atom. The van der Waals surface area contributed by atoms with Crippen molar-refractivity contribution in [3.63, 3.8) is 0 Å². The van der Waals surface area contributed by atoms with Crippen LogP contribution in [0.5, 0.6) is 0 Å². The molecule has 0 spiro atoms.